The maximum atomic E-state index is 13.5. The van der Waals surface area contributed by atoms with Gasteiger partial charge < -0.3 is 15.8 Å². The van der Waals surface area contributed by atoms with E-state index in [9.17, 15) is 9.18 Å². The summed E-state index contributed by atoms with van der Waals surface area (Å²) in [5.41, 5.74) is 6.51. The van der Waals surface area contributed by atoms with Crippen molar-refractivity contribution in [2.45, 2.75) is 26.3 Å². The summed E-state index contributed by atoms with van der Waals surface area (Å²) >= 11 is 0. The van der Waals surface area contributed by atoms with E-state index in [-0.39, 0.29) is 23.2 Å². The number of amides is 1. The Morgan fingerprint density at radius 1 is 1.56 bits per heavy atom. The first kappa shape index (κ1) is 14.4. The zero-order valence-electron chi connectivity index (χ0n) is 10.9. The number of ether oxygens (including phenoxy) is 1. The largest absolute Gasteiger partial charge is 0.398 e. The minimum Gasteiger partial charge on any atom is -0.398 e. The monoisotopic (exact) mass is 254 g/mol. The van der Waals surface area contributed by atoms with Crippen molar-refractivity contribution in [2.75, 3.05) is 19.5 Å². The Morgan fingerprint density at radius 2 is 2.22 bits per heavy atom. The van der Waals surface area contributed by atoms with Gasteiger partial charge >= 0.3 is 0 Å². The zero-order chi connectivity index (χ0) is 13.7. The van der Waals surface area contributed by atoms with Gasteiger partial charge in [-0.1, -0.05) is 0 Å². The fourth-order valence-electron chi connectivity index (χ4n) is 1.51. The highest BCUT2D eigenvalue weighted by Gasteiger charge is 2.13. The van der Waals surface area contributed by atoms with E-state index in [0.29, 0.717) is 18.6 Å². The smallest absolute Gasteiger partial charge is 0.251 e. The molecule has 0 aliphatic carbocycles. The number of methoxy groups -OCH3 is 1. The molecule has 1 unspecified atom stereocenters. The quantitative estimate of drug-likeness (QED) is 0.788. The molecule has 0 spiro atoms. The van der Waals surface area contributed by atoms with Crippen LogP contribution in [-0.4, -0.2) is 25.7 Å². The van der Waals surface area contributed by atoms with Crippen LogP contribution in [0.15, 0.2) is 12.1 Å². The average molecular weight is 254 g/mol. The van der Waals surface area contributed by atoms with Gasteiger partial charge in [0.2, 0.25) is 0 Å². The van der Waals surface area contributed by atoms with Crippen molar-refractivity contribution >= 4 is 11.6 Å². The molecule has 0 bridgehead atoms. The molecule has 1 rings (SSSR count). The Hall–Kier alpha value is -1.62. The number of hydrogen-bond donors (Lipinski definition) is 2. The summed E-state index contributed by atoms with van der Waals surface area (Å²) in [5, 5.41) is 2.76. The summed E-state index contributed by atoms with van der Waals surface area (Å²) in [5.74, 6) is -0.797. The lowest BCUT2D eigenvalue weighted by molar-refractivity contribution is 0.0929. The zero-order valence-corrected chi connectivity index (χ0v) is 10.9. The molecule has 5 heteroatoms. The number of rotatable bonds is 5. The second kappa shape index (κ2) is 6.35. The molecule has 0 saturated heterocycles. The molecular formula is C13H19FN2O2. The van der Waals surface area contributed by atoms with Crippen molar-refractivity contribution in [1.82, 2.24) is 5.32 Å². The van der Waals surface area contributed by atoms with Crippen molar-refractivity contribution < 1.29 is 13.9 Å². The second-order valence-corrected chi connectivity index (χ2v) is 4.33. The Kier molecular flexibility index (Phi) is 5.09. The Labute approximate surface area is 106 Å². The first-order valence-electron chi connectivity index (χ1n) is 5.81. The van der Waals surface area contributed by atoms with E-state index >= 15 is 0 Å². The van der Waals surface area contributed by atoms with E-state index < -0.39 is 5.82 Å². The third-order valence-corrected chi connectivity index (χ3v) is 2.78. The number of hydrogen-bond acceptors (Lipinski definition) is 3. The van der Waals surface area contributed by atoms with Crippen LogP contribution < -0.4 is 11.1 Å². The van der Waals surface area contributed by atoms with Crippen molar-refractivity contribution in [3.8, 4) is 0 Å². The minimum atomic E-state index is -0.468. The van der Waals surface area contributed by atoms with E-state index in [1.165, 1.54) is 12.1 Å². The van der Waals surface area contributed by atoms with Crippen LogP contribution in [0.4, 0.5) is 10.1 Å². The highest BCUT2D eigenvalue weighted by Crippen LogP contribution is 2.17. The number of nitrogens with two attached hydrogens (primary N) is 1. The molecular weight excluding hydrogens is 235 g/mol. The van der Waals surface area contributed by atoms with E-state index in [4.69, 9.17) is 10.5 Å². The molecule has 0 saturated carbocycles. The fraction of sp³-hybridized carbons (Fsp3) is 0.462. The molecule has 100 valence electrons. The molecule has 1 aromatic carbocycles. The third-order valence-electron chi connectivity index (χ3n) is 2.78. The lowest BCUT2D eigenvalue weighted by Gasteiger charge is -2.14. The van der Waals surface area contributed by atoms with E-state index in [1.54, 1.807) is 14.0 Å². The molecule has 1 amide bonds. The molecule has 1 atom stereocenters. The van der Waals surface area contributed by atoms with Gasteiger partial charge in [0.25, 0.3) is 5.91 Å². The Bertz CT molecular complexity index is 412. The van der Waals surface area contributed by atoms with Crippen LogP contribution in [-0.2, 0) is 4.74 Å². The van der Waals surface area contributed by atoms with Crippen LogP contribution in [0.25, 0.3) is 0 Å². The van der Waals surface area contributed by atoms with E-state index in [2.05, 4.69) is 5.32 Å². The number of nitrogens with one attached hydrogen (secondary N) is 1. The molecule has 0 heterocycles. The second-order valence-electron chi connectivity index (χ2n) is 4.33. The van der Waals surface area contributed by atoms with Gasteiger partial charge in [-0.3, -0.25) is 4.79 Å². The summed E-state index contributed by atoms with van der Waals surface area (Å²) in [6.45, 7) is 4.00. The molecule has 0 radical (unpaired) electrons. The van der Waals surface area contributed by atoms with Gasteiger partial charge in [-0.25, -0.2) is 4.39 Å². The number of carbonyl (C=O) groups excluding carboxylic acids is 1. The van der Waals surface area contributed by atoms with Crippen LogP contribution in [0.2, 0.25) is 0 Å². The molecule has 3 N–H and O–H groups in total. The van der Waals surface area contributed by atoms with Crippen molar-refractivity contribution in [2.24, 2.45) is 0 Å². The molecule has 1 aromatic rings. The predicted molar refractivity (Wildman–Crippen MR) is 69.0 cm³/mol. The maximum Gasteiger partial charge on any atom is 0.251 e. The molecule has 0 aromatic heterocycles. The Balaban J connectivity index is 2.73. The van der Waals surface area contributed by atoms with Crippen molar-refractivity contribution in [3.05, 3.63) is 29.1 Å². The first-order chi connectivity index (χ1) is 8.45. The molecule has 0 aliphatic rings. The number of anilines is 1. The minimum absolute atomic E-state index is 0.0389. The molecule has 0 fully saturated rings. The maximum absolute atomic E-state index is 13.5. The van der Waals surface area contributed by atoms with Crippen LogP contribution in [0.1, 0.15) is 29.3 Å². The summed E-state index contributed by atoms with van der Waals surface area (Å²) in [6, 6.07) is 2.64. The van der Waals surface area contributed by atoms with Gasteiger partial charge in [0.15, 0.2) is 0 Å². The van der Waals surface area contributed by atoms with E-state index in [1.807, 2.05) is 6.92 Å². The highest BCUT2D eigenvalue weighted by molar-refractivity contribution is 5.95. The summed E-state index contributed by atoms with van der Waals surface area (Å²) in [4.78, 5) is 11.9. The van der Waals surface area contributed by atoms with Gasteiger partial charge in [-0.2, -0.15) is 0 Å². The molecule has 0 aliphatic heterocycles. The number of halogens is 1. The summed E-state index contributed by atoms with van der Waals surface area (Å²) < 4.78 is 18.4. The highest BCUT2D eigenvalue weighted by atomic mass is 19.1. The molecule has 18 heavy (non-hydrogen) atoms. The standard InChI is InChI=1S/C13H19FN2O2/c1-8(4-5-18-3)16-13(17)10-6-11(14)9(2)12(15)7-10/h6-8H,4-5,15H2,1-3H3,(H,16,17). The lowest BCUT2D eigenvalue weighted by Crippen LogP contribution is -2.33. The summed E-state index contributed by atoms with van der Waals surface area (Å²) in [7, 11) is 1.60. The number of benzene rings is 1. The lowest BCUT2D eigenvalue weighted by atomic mass is 10.1. The normalized spacial score (nSPS) is 12.2. The molecule has 4 nitrogen and oxygen atoms in total. The number of carbonyl (C=O) groups is 1. The van der Waals surface area contributed by atoms with Gasteiger partial charge in [0.1, 0.15) is 5.82 Å². The van der Waals surface area contributed by atoms with E-state index in [0.717, 1.165) is 0 Å². The topological polar surface area (TPSA) is 64.3 Å². The van der Waals surface area contributed by atoms with Crippen LogP contribution in [0.3, 0.4) is 0 Å². The third kappa shape index (κ3) is 3.70. The SMILES string of the molecule is COCCC(C)NC(=O)c1cc(N)c(C)c(F)c1. The van der Waals surface area contributed by atoms with Gasteiger partial charge in [0.05, 0.1) is 0 Å². The fourth-order valence-corrected chi connectivity index (χ4v) is 1.51. The van der Waals surface area contributed by atoms with Crippen LogP contribution in [0.5, 0.6) is 0 Å². The summed E-state index contributed by atoms with van der Waals surface area (Å²) in [6.07, 6.45) is 0.700. The van der Waals surface area contributed by atoms with Gasteiger partial charge in [-0.15, -0.1) is 0 Å². The van der Waals surface area contributed by atoms with Crippen LogP contribution in [0, 0.1) is 12.7 Å². The van der Waals surface area contributed by atoms with Crippen LogP contribution >= 0.6 is 0 Å². The predicted octanol–water partition coefficient (Wildman–Crippen LogP) is 1.87. The Morgan fingerprint density at radius 3 is 2.78 bits per heavy atom. The first-order valence-corrected chi connectivity index (χ1v) is 5.81. The average Bonchev–Trinajstić information content (AvgIpc) is 2.32. The van der Waals surface area contributed by atoms with Crippen molar-refractivity contribution in [1.29, 1.82) is 0 Å². The van der Waals surface area contributed by atoms with Gasteiger partial charge in [-0.05, 0) is 32.4 Å². The van der Waals surface area contributed by atoms with Gasteiger partial charge in [0, 0.05) is 36.6 Å². The van der Waals surface area contributed by atoms with Crippen molar-refractivity contribution in [3.63, 3.8) is 0 Å². The number of nitrogen functional groups attached to an aromatic ring is 1.